The maximum absolute atomic E-state index is 13.9. The van der Waals surface area contributed by atoms with Gasteiger partial charge in [-0.25, -0.2) is 12.8 Å². The Morgan fingerprint density at radius 3 is 2.38 bits per heavy atom. The summed E-state index contributed by atoms with van der Waals surface area (Å²) in [6, 6.07) is 12.0. The molecule has 26 heavy (non-hydrogen) atoms. The summed E-state index contributed by atoms with van der Waals surface area (Å²) >= 11 is 0. The molecule has 1 saturated heterocycles. The van der Waals surface area contributed by atoms with E-state index < -0.39 is 14.9 Å². The second-order valence-electron chi connectivity index (χ2n) is 6.02. The second-order valence-corrected chi connectivity index (χ2v) is 7.99. The maximum Gasteiger partial charge on any atom is 0.269 e. The molecule has 3 rings (SSSR count). The first-order chi connectivity index (χ1) is 12.4. The molecule has 0 unspecified atom stereocenters. The van der Waals surface area contributed by atoms with E-state index in [9.17, 15) is 22.9 Å². The maximum atomic E-state index is 13.9. The molecule has 7 nitrogen and oxygen atoms in total. The number of piperazine rings is 1. The topological polar surface area (TPSA) is 83.8 Å². The molecule has 0 aliphatic carbocycles. The molecular weight excluding hydrogens is 361 g/mol. The lowest BCUT2D eigenvalue weighted by Gasteiger charge is -2.35. The summed E-state index contributed by atoms with van der Waals surface area (Å²) in [4.78, 5) is 12.1. The summed E-state index contributed by atoms with van der Waals surface area (Å²) in [6.07, 6.45) is 0. The van der Waals surface area contributed by atoms with Crippen LogP contribution in [0.5, 0.6) is 0 Å². The molecule has 138 valence electrons. The van der Waals surface area contributed by atoms with Gasteiger partial charge in [0.25, 0.3) is 5.69 Å². The second kappa shape index (κ2) is 7.38. The van der Waals surface area contributed by atoms with Crippen LogP contribution in [0.25, 0.3) is 0 Å². The van der Waals surface area contributed by atoms with Crippen molar-refractivity contribution in [2.75, 3.05) is 31.1 Å². The highest BCUT2D eigenvalue weighted by Gasteiger charge is 2.28. The van der Waals surface area contributed by atoms with Gasteiger partial charge < -0.3 is 4.90 Å². The molecule has 1 heterocycles. The Morgan fingerprint density at radius 2 is 1.73 bits per heavy atom. The van der Waals surface area contributed by atoms with Crippen molar-refractivity contribution >= 4 is 21.4 Å². The molecule has 1 aliphatic rings. The van der Waals surface area contributed by atoms with Gasteiger partial charge in [-0.15, -0.1) is 0 Å². The van der Waals surface area contributed by atoms with E-state index in [1.165, 1.54) is 28.6 Å². The molecule has 0 spiro atoms. The van der Waals surface area contributed by atoms with E-state index in [1.807, 2.05) is 4.90 Å². The minimum absolute atomic E-state index is 0.137. The fourth-order valence-electron chi connectivity index (χ4n) is 2.98. The number of benzene rings is 2. The predicted molar refractivity (Wildman–Crippen MR) is 95.9 cm³/mol. The van der Waals surface area contributed by atoms with E-state index in [2.05, 4.69) is 0 Å². The monoisotopic (exact) mass is 379 g/mol. The van der Waals surface area contributed by atoms with Crippen LogP contribution >= 0.6 is 0 Å². The molecular formula is C17H18FN3O4S. The van der Waals surface area contributed by atoms with Gasteiger partial charge in [-0.2, -0.15) is 4.31 Å². The number of hydrogen-bond donors (Lipinski definition) is 0. The minimum Gasteiger partial charge on any atom is -0.367 e. The summed E-state index contributed by atoms with van der Waals surface area (Å²) in [7, 11) is -3.60. The van der Waals surface area contributed by atoms with Crippen molar-refractivity contribution in [1.82, 2.24) is 4.31 Å². The Kier molecular flexibility index (Phi) is 5.19. The van der Waals surface area contributed by atoms with Crippen molar-refractivity contribution in [2.24, 2.45) is 0 Å². The number of non-ortho nitro benzene ring substituents is 1. The Labute approximate surface area is 150 Å². The fourth-order valence-corrected chi connectivity index (χ4v) is 4.48. The number of nitrogens with zero attached hydrogens (tertiary/aromatic N) is 3. The van der Waals surface area contributed by atoms with Crippen LogP contribution in [0.15, 0.2) is 48.5 Å². The standard InChI is InChI=1S/C17H18FN3O4S/c18-16-6-1-2-7-17(16)19-8-10-20(11-9-19)26(24,25)13-14-4-3-5-15(12-14)21(22)23/h1-7,12H,8-11,13H2. The first-order valence-electron chi connectivity index (χ1n) is 8.07. The van der Waals surface area contributed by atoms with Crippen molar-refractivity contribution in [2.45, 2.75) is 5.75 Å². The van der Waals surface area contributed by atoms with Crippen LogP contribution in [0.1, 0.15) is 5.56 Å². The molecule has 0 aromatic heterocycles. The molecule has 0 atom stereocenters. The molecule has 1 fully saturated rings. The highest BCUT2D eigenvalue weighted by Crippen LogP contribution is 2.22. The Hall–Kier alpha value is -2.52. The van der Waals surface area contributed by atoms with E-state index in [0.717, 1.165) is 0 Å². The number of nitro groups is 1. The third-order valence-electron chi connectivity index (χ3n) is 4.30. The zero-order valence-corrected chi connectivity index (χ0v) is 14.7. The predicted octanol–water partition coefficient (Wildman–Crippen LogP) is 2.39. The molecule has 0 saturated carbocycles. The molecule has 0 N–H and O–H groups in total. The van der Waals surface area contributed by atoms with Crippen molar-refractivity contribution < 1.29 is 17.7 Å². The lowest BCUT2D eigenvalue weighted by Crippen LogP contribution is -2.49. The first kappa shape index (κ1) is 18.3. The van der Waals surface area contributed by atoms with E-state index in [4.69, 9.17) is 0 Å². The average Bonchev–Trinajstić information content (AvgIpc) is 2.62. The number of nitro benzene ring substituents is 1. The van der Waals surface area contributed by atoms with Gasteiger partial charge in [0.05, 0.1) is 16.4 Å². The zero-order chi connectivity index (χ0) is 18.7. The number of hydrogen-bond acceptors (Lipinski definition) is 5. The normalized spacial score (nSPS) is 15.8. The Bertz CT molecular complexity index is 912. The number of anilines is 1. The SMILES string of the molecule is O=[N+]([O-])c1cccc(CS(=O)(=O)N2CCN(c3ccccc3F)CC2)c1. The molecule has 9 heteroatoms. The van der Waals surface area contributed by atoms with Gasteiger partial charge in [-0.3, -0.25) is 10.1 Å². The van der Waals surface area contributed by atoms with Gasteiger partial charge in [0.15, 0.2) is 0 Å². The third-order valence-corrected chi connectivity index (χ3v) is 6.15. The van der Waals surface area contributed by atoms with Crippen molar-refractivity contribution in [3.63, 3.8) is 0 Å². The van der Waals surface area contributed by atoms with Crippen LogP contribution < -0.4 is 4.90 Å². The molecule has 2 aromatic carbocycles. The summed E-state index contributed by atoms with van der Waals surface area (Å²) in [5.41, 5.74) is 0.695. The minimum atomic E-state index is -3.60. The van der Waals surface area contributed by atoms with Crippen molar-refractivity contribution in [3.05, 3.63) is 70.0 Å². The average molecular weight is 379 g/mol. The van der Waals surface area contributed by atoms with Crippen LogP contribution in [-0.2, 0) is 15.8 Å². The smallest absolute Gasteiger partial charge is 0.269 e. The number of sulfonamides is 1. The fraction of sp³-hybridized carbons (Fsp3) is 0.294. The lowest BCUT2D eigenvalue weighted by atomic mass is 10.2. The molecule has 0 amide bonds. The summed E-state index contributed by atoms with van der Waals surface area (Å²) in [6.45, 7) is 1.25. The van der Waals surface area contributed by atoms with Crippen LogP contribution in [0, 0.1) is 15.9 Å². The molecule has 0 radical (unpaired) electrons. The number of halogens is 1. The lowest BCUT2D eigenvalue weighted by molar-refractivity contribution is -0.384. The van der Waals surface area contributed by atoms with Crippen LogP contribution in [-0.4, -0.2) is 43.8 Å². The quantitative estimate of drug-likeness (QED) is 0.588. The van der Waals surface area contributed by atoms with Crippen LogP contribution in [0.4, 0.5) is 15.8 Å². The van der Waals surface area contributed by atoms with E-state index >= 15 is 0 Å². The van der Waals surface area contributed by atoms with E-state index in [1.54, 1.807) is 24.3 Å². The molecule has 2 aromatic rings. The van der Waals surface area contributed by atoms with Gasteiger partial charge in [-0.1, -0.05) is 24.3 Å². The number of para-hydroxylation sites is 1. The molecule has 1 aliphatic heterocycles. The third kappa shape index (κ3) is 4.00. The van der Waals surface area contributed by atoms with Gasteiger partial charge in [0, 0.05) is 38.3 Å². The van der Waals surface area contributed by atoms with Gasteiger partial charge in [0.1, 0.15) is 5.82 Å². The number of rotatable bonds is 5. The summed E-state index contributed by atoms with van der Waals surface area (Å²) in [5.74, 6) is -0.630. The summed E-state index contributed by atoms with van der Waals surface area (Å²) in [5, 5.41) is 10.8. The largest absolute Gasteiger partial charge is 0.367 e. The van der Waals surface area contributed by atoms with Gasteiger partial charge in [-0.05, 0) is 17.7 Å². The van der Waals surface area contributed by atoms with Crippen LogP contribution in [0.3, 0.4) is 0 Å². The van der Waals surface area contributed by atoms with Gasteiger partial charge >= 0.3 is 0 Å². The summed E-state index contributed by atoms with van der Waals surface area (Å²) < 4.78 is 40.4. The highest BCUT2D eigenvalue weighted by atomic mass is 32.2. The van der Waals surface area contributed by atoms with Crippen molar-refractivity contribution in [3.8, 4) is 0 Å². The molecule has 0 bridgehead atoms. The Balaban J connectivity index is 1.67. The van der Waals surface area contributed by atoms with Crippen LogP contribution in [0.2, 0.25) is 0 Å². The first-order valence-corrected chi connectivity index (χ1v) is 9.68. The zero-order valence-electron chi connectivity index (χ0n) is 13.9. The highest BCUT2D eigenvalue weighted by molar-refractivity contribution is 7.88. The van der Waals surface area contributed by atoms with Crippen molar-refractivity contribution in [1.29, 1.82) is 0 Å². The van der Waals surface area contributed by atoms with Gasteiger partial charge in [0.2, 0.25) is 10.0 Å². The van der Waals surface area contributed by atoms with E-state index in [-0.39, 0.29) is 30.3 Å². The Morgan fingerprint density at radius 1 is 1.04 bits per heavy atom. The van der Waals surface area contributed by atoms with E-state index in [0.29, 0.717) is 24.3 Å².